The largest absolute Gasteiger partial charge is 0.487 e. The summed E-state index contributed by atoms with van der Waals surface area (Å²) in [6, 6.07) is 6.45. The van der Waals surface area contributed by atoms with Crippen LogP contribution in [0.3, 0.4) is 0 Å². The molecule has 0 amide bonds. The lowest BCUT2D eigenvalue weighted by molar-refractivity contribution is -0.114. The summed E-state index contributed by atoms with van der Waals surface area (Å²) in [4.78, 5) is 0. The molecule has 1 fully saturated rings. The molecule has 19 heavy (non-hydrogen) atoms. The molecule has 0 bridgehead atoms. The number of methoxy groups -OCH3 is 1. The van der Waals surface area contributed by atoms with Gasteiger partial charge in [-0.15, -0.1) is 0 Å². The van der Waals surface area contributed by atoms with Crippen LogP contribution in [-0.2, 0) is 9.47 Å². The second kappa shape index (κ2) is 6.84. The van der Waals surface area contributed by atoms with E-state index in [1.807, 2.05) is 7.05 Å². The van der Waals surface area contributed by atoms with Crippen molar-refractivity contribution in [1.29, 1.82) is 0 Å². The van der Waals surface area contributed by atoms with Gasteiger partial charge in [0.25, 0.3) is 0 Å². The Kier molecular flexibility index (Phi) is 5.13. The minimum absolute atomic E-state index is 0.0246. The molecule has 1 aromatic carbocycles. The predicted molar refractivity (Wildman–Crippen MR) is 69.9 cm³/mol. The van der Waals surface area contributed by atoms with Crippen molar-refractivity contribution in [2.24, 2.45) is 0 Å². The van der Waals surface area contributed by atoms with Gasteiger partial charge < -0.3 is 19.5 Å². The van der Waals surface area contributed by atoms with Gasteiger partial charge in [0.2, 0.25) is 0 Å². The standard InChI is InChI=1S/C14H20FNO3/c1-16-12-9-13(14(12)18-7-6-17-2)19-11-5-3-4-10(15)8-11/h3-5,8,12-14,16H,6-7,9H2,1-2H3. The second-order valence-corrected chi connectivity index (χ2v) is 4.57. The van der Waals surface area contributed by atoms with E-state index < -0.39 is 0 Å². The maximum absolute atomic E-state index is 13.1. The zero-order valence-electron chi connectivity index (χ0n) is 11.3. The number of ether oxygens (including phenoxy) is 3. The van der Waals surface area contributed by atoms with Gasteiger partial charge in [-0.2, -0.15) is 0 Å². The quantitative estimate of drug-likeness (QED) is 0.763. The molecule has 1 N–H and O–H groups in total. The monoisotopic (exact) mass is 269 g/mol. The number of benzene rings is 1. The average Bonchev–Trinajstić information content (AvgIpc) is 2.39. The molecule has 0 radical (unpaired) electrons. The molecule has 5 heteroatoms. The minimum atomic E-state index is -0.293. The van der Waals surface area contributed by atoms with Crippen LogP contribution in [0.1, 0.15) is 6.42 Å². The highest BCUT2D eigenvalue weighted by molar-refractivity contribution is 5.23. The van der Waals surface area contributed by atoms with Gasteiger partial charge in [0.05, 0.1) is 13.2 Å². The van der Waals surface area contributed by atoms with Crippen LogP contribution >= 0.6 is 0 Å². The normalized spacial score (nSPS) is 25.9. The zero-order valence-corrected chi connectivity index (χ0v) is 11.3. The molecule has 0 spiro atoms. The summed E-state index contributed by atoms with van der Waals surface area (Å²) < 4.78 is 29.5. The SMILES string of the molecule is CNC1CC(Oc2cccc(F)c2)C1OCCOC. The smallest absolute Gasteiger partial charge is 0.128 e. The fourth-order valence-corrected chi connectivity index (χ4v) is 2.19. The fraction of sp³-hybridized carbons (Fsp3) is 0.571. The van der Waals surface area contributed by atoms with Crippen LogP contribution < -0.4 is 10.1 Å². The van der Waals surface area contributed by atoms with E-state index in [0.29, 0.717) is 19.0 Å². The van der Waals surface area contributed by atoms with Crippen molar-refractivity contribution in [2.75, 3.05) is 27.4 Å². The first-order chi connectivity index (χ1) is 9.24. The van der Waals surface area contributed by atoms with Crippen LogP contribution in [0.2, 0.25) is 0 Å². The molecule has 1 aliphatic rings. The van der Waals surface area contributed by atoms with E-state index >= 15 is 0 Å². The molecule has 0 aliphatic heterocycles. The number of rotatable bonds is 7. The van der Waals surface area contributed by atoms with Crippen LogP contribution in [0, 0.1) is 5.82 Å². The molecule has 1 aromatic rings. The first-order valence-corrected chi connectivity index (χ1v) is 6.44. The molecule has 0 heterocycles. The first kappa shape index (κ1) is 14.2. The molecule has 3 unspecified atom stereocenters. The number of nitrogens with one attached hydrogen (secondary N) is 1. The van der Waals surface area contributed by atoms with E-state index in [1.165, 1.54) is 12.1 Å². The van der Waals surface area contributed by atoms with Crippen molar-refractivity contribution in [3.63, 3.8) is 0 Å². The Bertz CT molecular complexity index is 402. The number of halogens is 1. The van der Waals surface area contributed by atoms with Crippen LogP contribution in [0.25, 0.3) is 0 Å². The van der Waals surface area contributed by atoms with E-state index in [9.17, 15) is 4.39 Å². The first-order valence-electron chi connectivity index (χ1n) is 6.44. The van der Waals surface area contributed by atoms with Gasteiger partial charge in [0, 0.05) is 25.6 Å². The van der Waals surface area contributed by atoms with Crippen molar-refractivity contribution >= 4 is 0 Å². The van der Waals surface area contributed by atoms with Crippen molar-refractivity contribution in [1.82, 2.24) is 5.32 Å². The van der Waals surface area contributed by atoms with Gasteiger partial charge >= 0.3 is 0 Å². The maximum atomic E-state index is 13.1. The van der Waals surface area contributed by atoms with E-state index in [2.05, 4.69) is 5.32 Å². The van der Waals surface area contributed by atoms with Crippen molar-refractivity contribution < 1.29 is 18.6 Å². The van der Waals surface area contributed by atoms with Gasteiger partial charge in [-0.1, -0.05) is 6.07 Å². The van der Waals surface area contributed by atoms with Gasteiger partial charge in [-0.3, -0.25) is 0 Å². The van der Waals surface area contributed by atoms with E-state index in [4.69, 9.17) is 14.2 Å². The molecule has 0 saturated heterocycles. The Balaban J connectivity index is 1.88. The van der Waals surface area contributed by atoms with Gasteiger partial charge in [-0.25, -0.2) is 4.39 Å². The summed E-state index contributed by atoms with van der Waals surface area (Å²) in [6.45, 7) is 1.09. The van der Waals surface area contributed by atoms with Crippen molar-refractivity contribution in [3.05, 3.63) is 30.1 Å². The Morgan fingerprint density at radius 1 is 1.37 bits per heavy atom. The van der Waals surface area contributed by atoms with Crippen LogP contribution in [0.5, 0.6) is 5.75 Å². The van der Waals surface area contributed by atoms with Crippen molar-refractivity contribution in [2.45, 2.75) is 24.7 Å². The Hall–Kier alpha value is -1.17. The van der Waals surface area contributed by atoms with Crippen molar-refractivity contribution in [3.8, 4) is 5.75 Å². The van der Waals surface area contributed by atoms with Crippen LogP contribution in [0.15, 0.2) is 24.3 Å². The molecular formula is C14H20FNO3. The molecule has 1 aliphatic carbocycles. The lowest BCUT2D eigenvalue weighted by atomic mass is 9.85. The zero-order chi connectivity index (χ0) is 13.7. The lowest BCUT2D eigenvalue weighted by Crippen LogP contribution is -2.60. The van der Waals surface area contributed by atoms with Crippen LogP contribution in [0.4, 0.5) is 4.39 Å². The van der Waals surface area contributed by atoms with Gasteiger partial charge in [0.15, 0.2) is 0 Å². The highest BCUT2D eigenvalue weighted by Crippen LogP contribution is 2.29. The van der Waals surface area contributed by atoms with Crippen LogP contribution in [-0.4, -0.2) is 45.6 Å². The van der Waals surface area contributed by atoms with Gasteiger partial charge in [0.1, 0.15) is 23.8 Å². The van der Waals surface area contributed by atoms with E-state index in [-0.39, 0.29) is 24.1 Å². The predicted octanol–water partition coefficient (Wildman–Crippen LogP) is 1.60. The summed E-state index contributed by atoms with van der Waals surface area (Å²) >= 11 is 0. The minimum Gasteiger partial charge on any atom is -0.487 e. The third-order valence-corrected chi connectivity index (χ3v) is 3.30. The van der Waals surface area contributed by atoms with E-state index in [0.717, 1.165) is 6.42 Å². The summed E-state index contributed by atoms with van der Waals surface area (Å²) in [5, 5.41) is 3.19. The summed E-state index contributed by atoms with van der Waals surface area (Å²) in [5.74, 6) is 0.249. The number of hydrogen-bond donors (Lipinski definition) is 1. The van der Waals surface area contributed by atoms with Gasteiger partial charge in [-0.05, 0) is 19.2 Å². The summed E-state index contributed by atoms with van der Waals surface area (Å²) in [5.41, 5.74) is 0. The third kappa shape index (κ3) is 3.65. The lowest BCUT2D eigenvalue weighted by Gasteiger charge is -2.43. The summed E-state index contributed by atoms with van der Waals surface area (Å²) in [7, 11) is 3.54. The molecular weight excluding hydrogens is 249 g/mol. The second-order valence-electron chi connectivity index (χ2n) is 4.57. The molecule has 3 atom stereocenters. The molecule has 0 aromatic heterocycles. The Labute approximate surface area is 112 Å². The molecule has 2 rings (SSSR count). The molecule has 4 nitrogen and oxygen atoms in total. The topological polar surface area (TPSA) is 39.7 Å². The third-order valence-electron chi connectivity index (χ3n) is 3.30. The number of hydrogen-bond acceptors (Lipinski definition) is 4. The fourth-order valence-electron chi connectivity index (χ4n) is 2.19. The highest BCUT2D eigenvalue weighted by Gasteiger charge is 2.43. The Morgan fingerprint density at radius 3 is 2.89 bits per heavy atom. The number of likely N-dealkylation sites (N-methyl/N-ethyl adjacent to an activating group) is 1. The highest BCUT2D eigenvalue weighted by atomic mass is 19.1. The van der Waals surface area contributed by atoms with E-state index in [1.54, 1.807) is 19.2 Å². The Morgan fingerprint density at radius 2 is 2.21 bits per heavy atom. The molecule has 1 saturated carbocycles. The maximum Gasteiger partial charge on any atom is 0.128 e. The average molecular weight is 269 g/mol. The summed E-state index contributed by atoms with van der Waals surface area (Å²) in [6.07, 6.45) is 0.782. The molecule has 106 valence electrons.